The third kappa shape index (κ3) is 3.53. The van der Waals surface area contributed by atoms with Crippen molar-refractivity contribution in [2.75, 3.05) is 13.2 Å². The van der Waals surface area contributed by atoms with Crippen molar-refractivity contribution in [1.82, 2.24) is 10.3 Å². The summed E-state index contributed by atoms with van der Waals surface area (Å²) in [5.41, 5.74) is 1.61. The van der Waals surface area contributed by atoms with Crippen LogP contribution >= 0.6 is 11.3 Å². The Morgan fingerprint density at radius 3 is 2.62 bits per heavy atom. The number of fused-ring (bicyclic) bond motifs is 1. The smallest absolute Gasteiger partial charge is 0.251 e. The molecule has 0 bridgehead atoms. The molecule has 0 aliphatic carbocycles. The van der Waals surface area contributed by atoms with Gasteiger partial charge in [0.25, 0.3) is 5.91 Å². The number of ether oxygens (including phenoxy) is 2. The minimum absolute atomic E-state index is 0.00824. The van der Waals surface area contributed by atoms with Crippen molar-refractivity contribution >= 4 is 17.2 Å². The van der Waals surface area contributed by atoms with Gasteiger partial charge in [-0.2, -0.15) is 0 Å². The zero-order valence-corrected chi connectivity index (χ0v) is 15.2. The topological polar surface area (TPSA) is 60.5 Å². The van der Waals surface area contributed by atoms with Crippen LogP contribution in [0.15, 0.2) is 23.6 Å². The molecule has 2 aromatic rings. The molecule has 24 heavy (non-hydrogen) atoms. The van der Waals surface area contributed by atoms with Crippen molar-refractivity contribution in [2.45, 2.75) is 39.2 Å². The first-order valence-electron chi connectivity index (χ1n) is 8.01. The van der Waals surface area contributed by atoms with E-state index >= 15 is 0 Å². The van der Waals surface area contributed by atoms with Crippen molar-refractivity contribution in [3.63, 3.8) is 0 Å². The summed E-state index contributed by atoms with van der Waals surface area (Å²) in [5.74, 6) is 1.15. The highest BCUT2D eigenvalue weighted by molar-refractivity contribution is 7.09. The number of hydrogen-bond acceptors (Lipinski definition) is 5. The number of benzene rings is 1. The molecule has 1 amide bonds. The predicted molar refractivity (Wildman–Crippen MR) is 94.1 cm³/mol. The van der Waals surface area contributed by atoms with E-state index < -0.39 is 0 Å². The lowest BCUT2D eigenvalue weighted by atomic mass is 9.93. The van der Waals surface area contributed by atoms with Crippen LogP contribution in [0.4, 0.5) is 0 Å². The van der Waals surface area contributed by atoms with Gasteiger partial charge in [-0.15, -0.1) is 11.3 Å². The Labute approximate surface area is 146 Å². The molecule has 128 valence electrons. The van der Waals surface area contributed by atoms with Crippen LogP contribution in [-0.2, 0) is 5.41 Å². The molecule has 1 aromatic carbocycles. The molecule has 2 heterocycles. The highest BCUT2D eigenvalue weighted by atomic mass is 32.1. The van der Waals surface area contributed by atoms with Crippen LogP contribution in [0.2, 0.25) is 0 Å². The molecule has 0 radical (unpaired) electrons. The number of nitrogens with zero attached hydrogens (tertiary/aromatic N) is 1. The molecular formula is C18H22N2O3S. The molecule has 1 N–H and O–H groups in total. The molecule has 0 fully saturated rings. The van der Waals surface area contributed by atoms with Crippen molar-refractivity contribution in [1.29, 1.82) is 0 Å². The number of aromatic nitrogens is 1. The first-order chi connectivity index (χ1) is 11.3. The van der Waals surface area contributed by atoms with Crippen molar-refractivity contribution in [3.05, 3.63) is 39.8 Å². The Hall–Kier alpha value is -2.08. The van der Waals surface area contributed by atoms with Gasteiger partial charge < -0.3 is 14.8 Å². The van der Waals surface area contributed by atoms with Gasteiger partial charge in [-0.25, -0.2) is 4.98 Å². The molecule has 6 heteroatoms. The van der Waals surface area contributed by atoms with Crippen LogP contribution in [0.25, 0.3) is 0 Å². The first kappa shape index (κ1) is 16.8. The molecular weight excluding hydrogens is 324 g/mol. The van der Waals surface area contributed by atoms with Gasteiger partial charge in [-0.3, -0.25) is 4.79 Å². The SMILES string of the molecule is CC(NC(=O)c1ccc2c(c1)OCCO2)c1nc(C(C)(C)C)cs1. The van der Waals surface area contributed by atoms with Gasteiger partial charge in [0.15, 0.2) is 11.5 Å². The van der Waals surface area contributed by atoms with Gasteiger partial charge in [0, 0.05) is 16.4 Å². The maximum Gasteiger partial charge on any atom is 0.251 e. The van der Waals surface area contributed by atoms with Crippen LogP contribution in [0.5, 0.6) is 11.5 Å². The van der Waals surface area contributed by atoms with E-state index in [1.807, 2.05) is 6.92 Å². The largest absolute Gasteiger partial charge is 0.486 e. The number of rotatable bonds is 3. The van der Waals surface area contributed by atoms with Gasteiger partial charge in [0.2, 0.25) is 0 Å². The average Bonchev–Trinajstić information content (AvgIpc) is 3.04. The Morgan fingerprint density at radius 1 is 1.25 bits per heavy atom. The standard InChI is InChI=1S/C18H22N2O3S/c1-11(17-20-15(10-24-17)18(2,3)4)19-16(21)12-5-6-13-14(9-12)23-8-7-22-13/h5-6,9-11H,7-8H2,1-4H3,(H,19,21). The number of carbonyl (C=O) groups is 1. The molecule has 0 saturated carbocycles. The van der Waals surface area contributed by atoms with Crippen LogP contribution in [-0.4, -0.2) is 24.1 Å². The van der Waals surface area contributed by atoms with E-state index in [0.717, 1.165) is 10.7 Å². The van der Waals surface area contributed by atoms with Crippen LogP contribution in [0, 0.1) is 0 Å². The molecule has 1 aliphatic rings. The fourth-order valence-corrected chi connectivity index (χ4v) is 3.41. The highest BCUT2D eigenvalue weighted by Crippen LogP contribution is 2.31. The highest BCUT2D eigenvalue weighted by Gasteiger charge is 2.21. The second kappa shape index (κ2) is 6.43. The van der Waals surface area contributed by atoms with E-state index in [2.05, 4.69) is 36.5 Å². The third-order valence-corrected chi connectivity index (χ3v) is 4.84. The van der Waals surface area contributed by atoms with Crippen LogP contribution in [0.3, 0.4) is 0 Å². The molecule has 1 atom stereocenters. The average molecular weight is 346 g/mol. The van der Waals surface area contributed by atoms with Crippen LogP contribution in [0.1, 0.15) is 54.8 Å². The Bertz CT molecular complexity index is 749. The monoisotopic (exact) mass is 346 g/mol. The zero-order chi connectivity index (χ0) is 17.3. The minimum Gasteiger partial charge on any atom is -0.486 e. The summed E-state index contributed by atoms with van der Waals surface area (Å²) in [5, 5.41) is 5.96. The molecule has 1 aliphatic heterocycles. The van der Waals surface area contributed by atoms with E-state index in [4.69, 9.17) is 9.47 Å². The van der Waals surface area contributed by atoms with Gasteiger partial charge in [-0.05, 0) is 25.1 Å². The van der Waals surface area contributed by atoms with Crippen molar-refractivity contribution < 1.29 is 14.3 Å². The molecule has 1 aromatic heterocycles. The molecule has 0 spiro atoms. The fraction of sp³-hybridized carbons (Fsp3) is 0.444. The van der Waals surface area contributed by atoms with Gasteiger partial charge in [0.05, 0.1) is 11.7 Å². The molecule has 0 saturated heterocycles. The van der Waals surface area contributed by atoms with E-state index in [-0.39, 0.29) is 17.4 Å². The normalized spacial score (nSPS) is 15.0. The third-order valence-electron chi connectivity index (χ3n) is 3.81. The second-order valence-corrected chi connectivity index (χ2v) is 7.76. The lowest BCUT2D eigenvalue weighted by molar-refractivity contribution is 0.0938. The number of nitrogens with one attached hydrogen (secondary N) is 1. The van der Waals surface area contributed by atoms with Crippen molar-refractivity contribution in [3.8, 4) is 11.5 Å². The lowest BCUT2D eigenvalue weighted by Gasteiger charge is -2.19. The van der Waals surface area contributed by atoms with Crippen LogP contribution < -0.4 is 14.8 Å². The number of carbonyl (C=O) groups excluding carboxylic acids is 1. The summed E-state index contributed by atoms with van der Waals surface area (Å²) in [7, 11) is 0. The lowest BCUT2D eigenvalue weighted by Crippen LogP contribution is -2.27. The maximum atomic E-state index is 12.5. The minimum atomic E-state index is -0.146. The summed E-state index contributed by atoms with van der Waals surface area (Å²) >= 11 is 1.57. The Kier molecular flexibility index (Phi) is 4.49. The molecule has 1 unspecified atom stereocenters. The maximum absolute atomic E-state index is 12.5. The summed E-state index contributed by atoms with van der Waals surface area (Å²) in [6.45, 7) is 9.37. The summed E-state index contributed by atoms with van der Waals surface area (Å²) < 4.78 is 11.0. The van der Waals surface area contributed by atoms with Gasteiger partial charge in [0.1, 0.15) is 18.2 Å². The quantitative estimate of drug-likeness (QED) is 0.920. The van der Waals surface area contributed by atoms with Gasteiger partial charge >= 0.3 is 0 Å². The van der Waals surface area contributed by atoms with Crippen molar-refractivity contribution in [2.24, 2.45) is 0 Å². The summed E-state index contributed by atoms with van der Waals surface area (Å²) in [4.78, 5) is 17.1. The summed E-state index contributed by atoms with van der Waals surface area (Å²) in [6, 6.07) is 5.10. The zero-order valence-electron chi connectivity index (χ0n) is 14.4. The number of amides is 1. The predicted octanol–water partition coefficient (Wildman–Crippen LogP) is 3.70. The van der Waals surface area contributed by atoms with E-state index in [1.165, 1.54) is 0 Å². The molecule has 5 nitrogen and oxygen atoms in total. The summed E-state index contributed by atoms with van der Waals surface area (Å²) in [6.07, 6.45) is 0. The Morgan fingerprint density at radius 2 is 1.96 bits per heavy atom. The van der Waals surface area contributed by atoms with E-state index in [0.29, 0.717) is 30.3 Å². The number of hydrogen-bond donors (Lipinski definition) is 1. The van der Waals surface area contributed by atoms with E-state index in [1.54, 1.807) is 29.5 Å². The fourth-order valence-electron chi connectivity index (χ4n) is 2.36. The molecule has 3 rings (SSSR count). The van der Waals surface area contributed by atoms with Gasteiger partial charge in [-0.1, -0.05) is 20.8 Å². The second-order valence-electron chi connectivity index (χ2n) is 6.87. The Balaban J connectivity index is 1.71. The van der Waals surface area contributed by atoms with E-state index in [9.17, 15) is 4.79 Å². The first-order valence-corrected chi connectivity index (χ1v) is 8.89. The number of thiazole rings is 1.